The van der Waals surface area contributed by atoms with Gasteiger partial charge in [-0.15, -0.1) is 0 Å². The van der Waals surface area contributed by atoms with Gasteiger partial charge in [-0.05, 0) is 36.5 Å². The molecule has 3 aliphatic rings. The molecule has 6 nitrogen and oxygen atoms in total. The van der Waals surface area contributed by atoms with Gasteiger partial charge in [0, 0.05) is 6.42 Å². The molecule has 1 aliphatic carbocycles. The zero-order valence-electron chi connectivity index (χ0n) is 16.1. The SMILES string of the molecule is CCCC1CCC23OC(=N)C(C#N)(C2C1)C(C#N)(C#N)C(c1ccc(F)cc1)O3. The van der Waals surface area contributed by atoms with Gasteiger partial charge in [0.2, 0.25) is 17.1 Å². The molecule has 1 aromatic carbocycles. The zero-order chi connectivity index (χ0) is 20.9. The number of ether oxygens (including phenoxy) is 2. The first-order valence-corrected chi connectivity index (χ1v) is 9.88. The van der Waals surface area contributed by atoms with Crippen molar-refractivity contribution in [3.63, 3.8) is 0 Å². The Morgan fingerprint density at radius 3 is 2.45 bits per heavy atom. The minimum atomic E-state index is -1.98. The van der Waals surface area contributed by atoms with Crippen molar-refractivity contribution in [3.8, 4) is 18.2 Å². The summed E-state index contributed by atoms with van der Waals surface area (Å²) in [6, 6.07) is 11.6. The van der Waals surface area contributed by atoms with Gasteiger partial charge in [0.25, 0.3) is 0 Å². The normalized spacial score (nSPS) is 36.8. The van der Waals surface area contributed by atoms with Crippen LogP contribution in [0.5, 0.6) is 0 Å². The molecule has 148 valence electrons. The summed E-state index contributed by atoms with van der Waals surface area (Å²) >= 11 is 0. The maximum Gasteiger partial charge on any atom is 0.217 e. The molecular formula is C22H21FN4O2. The number of nitriles is 3. The molecule has 3 fully saturated rings. The molecule has 0 aromatic heterocycles. The molecule has 0 spiro atoms. The molecule has 1 saturated carbocycles. The molecule has 2 aliphatic heterocycles. The first-order valence-electron chi connectivity index (χ1n) is 9.88. The van der Waals surface area contributed by atoms with Crippen molar-refractivity contribution < 1.29 is 13.9 Å². The lowest BCUT2D eigenvalue weighted by molar-refractivity contribution is -0.299. The molecule has 4 rings (SSSR count). The number of nitrogens with one attached hydrogen (secondary N) is 1. The number of halogens is 1. The van der Waals surface area contributed by atoms with Gasteiger partial charge >= 0.3 is 0 Å². The highest BCUT2D eigenvalue weighted by atomic mass is 19.1. The molecule has 29 heavy (non-hydrogen) atoms. The summed E-state index contributed by atoms with van der Waals surface area (Å²) in [7, 11) is 0. The monoisotopic (exact) mass is 392 g/mol. The Morgan fingerprint density at radius 2 is 1.86 bits per heavy atom. The van der Waals surface area contributed by atoms with E-state index in [2.05, 4.69) is 13.0 Å². The summed E-state index contributed by atoms with van der Waals surface area (Å²) in [6.45, 7) is 2.09. The van der Waals surface area contributed by atoms with E-state index in [-0.39, 0.29) is 5.90 Å². The first kappa shape index (κ1) is 19.4. The summed E-state index contributed by atoms with van der Waals surface area (Å²) in [5, 5.41) is 39.2. The summed E-state index contributed by atoms with van der Waals surface area (Å²) < 4.78 is 25.7. The van der Waals surface area contributed by atoms with E-state index in [0.717, 1.165) is 19.3 Å². The molecule has 0 radical (unpaired) electrons. The van der Waals surface area contributed by atoms with Crippen molar-refractivity contribution in [3.05, 3.63) is 35.6 Å². The Labute approximate surface area is 169 Å². The predicted octanol–water partition coefficient (Wildman–Crippen LogP) is 4.36. The Bertz CT molecular complexity index is 959. The van der Waals surface area contributed by atoms with E-state index < -0.39 is 34.5 Å². The standard InChI is InChI=1S/C22H21FN4O2/c1-2-3-14-8-9-22-17(10-14)21(13-26,19(27)29-22)20(11-24,12-25)18(28-22)15-4-6-16(23)7-5-15/h4-7,14,17-18,27H,2-3,8-10H2,1H3. The van der Waals surface area contributed by atoms with E-state index in [1.165, 1.54) is 24.3 Å². The third kappa shape index (κ3) is 2.30. The van der Waals surface area contributed by atoms with Gasteiger partial charge in [-0.1, -0.05) is 31.9 Å². The van der Waals surface area contributed by atoms with Crippen LogP contribution in [-0.4, -0.2) is 11.7 Å². The molecular weight excluding hydrogens is 371 g/mol. The zero-order valence-corrected chi connectivity index (χ0v) is 16.1. The van der Waals surface area contributed by atoms with Gasteiger partial charge in [-0.2, -0.15) is 15.8 Å². The number of hydrogen-bond acceptors (Lipinski definition) is 6. The van der Waals surface area contributed by atoms with Crippen LogP contribution in [0.3, 0.4) is 0 Å². The van der Waals surface area contributed by atoms with Crippen LogP contribution in [0.25, 0.3) is 0 Å². The number of hydrogen-bond donors (Lipinski definition) is 1. The Hall–Kier alpha value is -2.95. The lowest BCUT2D eigenvalue weighted by atomic mass is 9.50. The van der Waals surface area contributed by atoms with E-state index >= 15 is 0 Å². The van der Waals surface area contributed by atoms with Crippen molar-refractivity contribution in [2.24, 2.45) is 22.7 Å². The van der Waals surface area contributed by atoms with Crippen LogP contribution >= 0.6 is 0 Å². The molecule has 5 unspecified atom stereocenters. The second-order valence-corrected chi connectivity index (χ2v) is 8.23. The Balaban J connectivity index is 1.92. The van der Waals surface area contributed by atoms with E-state index in [9.17, 15) is 20.2 Å². The summed E-state index contributed by atoms with van der Waals surface area (Å²) in [5.74, 6) is -2.29. The summed E-state index contributed by atoms with van der Waals surface area (Å²) in [4.78, 5) is 0. The smallest absolute Gasteiger partial charge is 0.217 e. The third-order valence-electron chi connectivity index (χ3n) is 6.89. The van der Waals surface area contributed by atoms with Gasteiger partial charge < -0.3 is 9.47 Å². The highest BCUT2D eigenvalue weighted by Gasteiger charge is 2.80. The molecule has 2 bridgehead atoms. The fourth-order valence-electron chi connectivity index (χ4n) is 5.53. The van der Waals surface area contributed by atoms with Gasteiger partial charge in [0.15, 0.2) is 5.41 Å². The quantitative estimate of drug-likeness (QED) is 0.821. The lowest BCUT2D eigenvalue weighted by Gasteiger charge is -2.52. The van der Waals surface area contributed by atoms with Crippen LogP contribution in [0, 0.1) is 67.9 Å². The van der Waals surface area contributed by atoms with Crippen LogP contribution in [0.1, 0.15) is 50.7 Å². The second kappa shape index (κ2) is 6.55. The van der Waals surface area contributed by atoms with Crippen molar-refractivity contribution in [1.29, 1.82) is 21.2 Å². The van der Waals surface area contributed by atoms with E-state index in [1.54, 1.807) is 0 Å². The topological polar surface area (TPSA) is 114 Å². The maximum absolute atomic E-state index is 13.5. The Kier molecular flexibility index (Phi) is 4.37. The summed E-state index contributed by atoms with van der Waals surface area (Å²) in [6.07, 6.45) is 2.70. The van der Waals surface area contributed by atoms with Gasteiger partial charge in [0.1, 0.15) is 11.9 Å². The first-order chi connectivity index (χ1) is 13.9. The molecule has 5 atom stereocenters. The van der Waals surface area contributed by atoms with E-state index in [1.807, 2.05) is 12.1 Å². The second-order valence-electron chi connectivity index (χ2n) is 8.23. The lowest BCUT2D eigenvalue weighted by Crippen LogP contribution is -2.61. The van der Waals surface area contributed by atoms with Gasteiger partial charge in [-0.3, -0.25) is 5.41 Å². The number of rotatable bonds is 3. The molecule has 7 heteroatoms. The number of nitrogens with zero attached hydrogens (tertiary/aromatic N) is 3. The minimum absolute atomic E-state index is 0.321. The van der Waals surface area contributed by atoms with Crippen molar-refractivity contribution >= 4 is 5.90 Å². The predicted molar refractivity (Wildman–Crippen MR) is 99.2 cm³/mol. The minimum Gasteiger partial charge on any atom is -0.447 e. The van der Waals surface area contributed by atoms with Crippen LogP contribution in [0.4, 0.5) is 4.39 Å². The molecule has 2 saturated heterocycles. The van der Waals surface area contributed by atoms with Crippen molar-refractivity contribution in [2.75, 3.05) is 0 Å². The molecule has 1 N–H and O–H groups in total. The van der Waals surface area contributed by atoms with Crippen LogP contribution in [-0.2, 0) is 9.47 Å². The largest absolute Gasteiger partial charge is 0.447 e. The average molecular weight is 392 g/mol. The fourth-order valence-corrected chi connectivity index (χ4v) is 5.53. The van der Waals surface area contributed by atoms with Crippen LogP contribution in [0.2, 0.25) is 0 Å². The number of benzene rings is 1. The Morgan fingerprint density at radius 1 is 1.17 bits per heavy atom. The van der Waals surface area contributed by atoms with Crippen molar-refractivity contribution in [2.45, 2.75) is 50.9 Å². The maximum atomic E-state index is 13.5. The molecule has 1 aromatic rings. The van der Waals surface area contributed by atoms with Crippen LogP contribution < -0.4 is 0 Å². The van der Waals surface area contributed by atoms with E-state index in [0.29, 0.717) is 24.3 Å². The highest BCUT2D eigenvalue weighted by molar-refractivity contribution is 5.89. The van der Waals surface area contributed by atoms with Gasteiger partial charge in [-0.25, -0.2) is 4.39 Å². The van der Waals surface area contributed by atoms with Crippen molar-refractivity contribution in [1.82, 2.24) is 0 Å². The van der Waals surface area contributed by atoms with Gasteiger partial charge in [0.05, 0.1) is 24.1 Å². The molecule has 2 heterocycles. The third-order valence-corrected chi connectivity index (χ3v) is 6.89. The molecule has 0 amide bonds. The van der Waals surface area contributed by atoms with Crippen LogP contribution in [0.15, 0.2) is 24.3 Å². The average Bonchev–Trinajstić information content (AvgIpc) is 2.93. The fraction of sp³-hybridized carbons (Fsp3) is 0.545. The van der Waals surface area contributed by atoms with E-state index in [4.69, 9.17) is 14.9 Å². The highest BCUT2D eigenvalue weighted by Crippen LogP contribution is 2.70. The summed E-state index contributed by atoms with van der Waals surface area (Å²) in [5.41, 5.74) is -3.30.